The molecule has 0 fully saturated rings. The molecule has 0 saturated carbocycles. The second-order valence-corrected chi connectivity index (χ2v) is 16.4. The van der Waals surface area contributed by atoms with Crippen molar-refractivity contribution in [3.8, 4) is 44.5 Å². The molecule has 13 rings (SSSR count). The van der Waals surface area contributed by atoms with Crippen molar-refractivity contribution in [2.75, 3.05) is 4.90 Å². The lowest BCUT2D eigenvalue weighted by Crippen LogP contribution is -2.26. The SMILES string of the molecule is c1ccc(-c2ccc(N(c3ccc(-c4ccc5oc6ccccc6c5c4)cc3)c3ccc4c(c3)C3(c5ccccc5-c5ccccc53)c3cc5ccccc5cc3-4)cc2)cc1. The van der Waals surface area contributed by atoms with E-state index in [9.17, 15) is 0 Å². The monoisotopic (exact) mass is 775 g/mol. The van der Waals surface area contributed by atoms with E-state index in [4.69, 9.17) is 4.42 Å². The topological polar surface area (TPSA) is 16.4 Å². The normalized spacial score (nSPS) is 13.0. The Morgan fingerprint density at radius 2 is 0.803 bits per heavy atom. The van der Waals surface area contributed by atoms with Crippen LogP contribution in [0, 0.1) is 0 Å². The minimum absolute atomic E-state index is 0.472. The quantitative estimate of drug-likeness (QED) is 0.173. The van der Waals surface area contributed by atoms with Crippen molar-refractivity contribution < 1.29 is 4.42 Å². The number of furan rings is 1. The first-order valence-electron chi connectivity index (χ1n) is 21.1. The van der Waals surface area contributed by atoms with E-state index >= 15 is 0 Å². The highest BCUT2D eigenvalue weighted by atomic mass is 16.3. The van der Waals surface area contributed by atoms with Crippen LogP contribution in [0.25, 0.3) is 77.2 Å². The Morgan fingerprint density at radius 1 is 0.295 bits per heavy atom. The van der Waals surface area contributed by atoms with Crippen LogP contribution >= 0.6 is 0 Å². The molecule has 2 aliphatic rings. The molecule has 0 radical (unpaired) electrons. The number of hydrogen-bond donors (Lipinski definition) is 0. The maximum absolute atomic E-state index is 6.17. The standard InChI is InChI=1S/C59H37NO/c1-2-12-38(13-3-1)39-22-27-44(28-23-39)60(45-29-24-40(25-30-45)43-26-33-58-52(35-43)50-18-8-11-21-57(50)61-58)46-31-32-49-51-34-41-14-4-5-15-42(41)36-55(51)59(56(49)37-46)53-19-9-6-16-47(53)48-17-7-10-20-54(48)59/h1-37H. The van der Waals surface area contributed by atoms with Crippen molar-refractivity contribution in [1.29, 1.82) is 0 Å². The summed E-state index contributed by atoms with van der Waals surface area (Å²) < 4.78 is 6.17. The summed E-state index contributed by atoms with van der Waals surface area (Å²) in [6.07, 6.45) is 0. The van der Waals surface area contributed by atoms with Crippen molar-refractivity contribution in [1.82, 2.24) is 0 Å². The summed E-state index contributed by atoms with van der Waals surface area (Å²) in [6, 6.07) is 82.5. The molecular weight excluding hydrogens is 739 g/mol. The van der Waals surface area contributed by atoms with E-state index in [1.165, 1.54) is 66.4 Å². The van der Waals surface area contributed by atoms with Crippen LogP contribution in [0.1, 0.15) is 22.3 Å². The lowest BCUT2D eigenvalue weighted by molar-refractivity contribution is 0.669. The van der Waals surface area contributed by atoms with Gasteiger partial charge in [-0.2, -0.15) is 0 Å². The highest BCUT2D eigenvalue weighted by Gasteiger charge is 2.52. The molecule has 61 heavy (non-hydrogen) atoms. The zero-order valence-electron chi connectivity index (χ0n) is 33.2. The van der Waals surface area contributed by atoms with Gasteiger partial charge in [0.2, 0.25) is 0 Å². The smallest absolute Gasteiger partial charge is 0.135 e. The van der Waals surface area contributed by atoms with Crippen LogP contribution in [0.2, 0.25) is 0 Å². The van der Waals surface area contributed by atoms with Gasteiger partial charge >= 0.3 is 0 Å². The van der Waals surface area contributed by atoms with Gasteiger partial charge in [-0.1, -0.05) is 158 Å². The van der Waals surface area contributed by atoms with Gasteiger partial charge in [-0.25, -0.2) is 0 Å². The third-order valence-corrected chi connectivity index (χ3v) is 13.3. The number of anilines is 3. The lowest BCUT2D eigenvalue weighted by Gasteiger charge is -2.32. The molecule has 0 aliphatic heterocycles. The Morgan fingerprint density at radius 3 is 1.52 bits per heavy atom. The van der Waals surface area contributed by atoms with Gasteiger partial charge in [0.15, 0.2) is 0 Å². The van der Waals surface area contributed by atoms with E-state index in [2.05, 4.69) is 217 Å². The molecule has 0 saturated heterocycles. The van der Waals surface area contributed by atoms with Crippen LogP contribution in [-0.4, -0.2) is 0 Å². The second-order valence-electron chi connectivity index (χ2n) is 16.4. The van der Waals surface area contributed by atoms with Crippen LogP contribution in [0.4, 0.5) is 17.1 Å². The summed E-state index contributed by atoms with van der Waals surface area (Å²) in [5.41, 5.74) is 19.9. The molecule has 10 aromatic carbocycles. The highest BCUT2D eigenvalue weighted by Crippen LogP contribution is 2.63. The van der Waals surface area contributed by atoms with Gasteiger partial charge in [0, 0.05) is 27.8 Å². The number of fused-ring (bicyclic) bond motifs is 14. The Hall–Kier alpha value is -7.94. The molecule has 0 N–H and O–H groups in total. The summed E-state index contributed by atoms with van der Waals surface area (Å²) in [7, 11) is 0. The first-order chi connectivity index (χ1) is 30.2. The summed E-state index contributed by atoms with van der Waals surface area (Å²) in [4.78, 5) is 2.42. The van der Waals surface area contributed by atoms with E-state index in [0.29, 0.717) is 0 Å². The molecule has 0 unspecified atom stereocenters. The minimum Gasteiger partial charge on any atom is -0.456 e. The molecule has 0 atom stereocenters. The van der Waals surface area contributed by atoms with Gasteiger partial charge in [0.05, 0.1) is 5.41 Å². The van der Waals surface area contributed by atoms with Gasteiger partial charge in [-0.05, 0) is 144 Å². The lowest BCUT2D eigenvalue weighted by atomic mass is 9.70. The number of hydrogen-bond acceptors (Lipinski definition) is 2. The van der Waals surface area contributed by atoms with E-state index in [-0.39, 0.29) is 0 Å². The molecule has 0 bridgehead atoms. The van der Waals surface area contributed by atoms with E-state index in [0.717, 1.165) is 50.1 Å². The predicted octanol–water partition coefficient (Wildman–Crippen LogP) is 15.9. The highest BCUT2D eigenvalue weighted by molar-refractivity contribution is 6.06. The zero-order valence-corrected chi connectivity index (χ0v) is 33.2. The molecule has 2 aliphatic carbocycles. The number of nitrogens with zero attached hydrogens (tertiary/aromatic N) is 1. The fourth-order valence-electron chi connectivity index (χ4n) is 10.5. The average Bonchev–Trinajstić information content (AvgIpc) is 3.95. The van der Waals surface area contributed by atoms with Crippen molar-refractivity contribution in [3.63, 3.8) is 0 Å². The van der Waals surface area contributed by atoms with Crippen LogP contribution in [0.5, 0.6) is 0 Å². The zero-order chi connectivity index (χ0) is 40.1. The minimum atomic E-state index is -0.472. The molecule has 2 heteroatoms. The summed E-state index contributed by atoms with van der Waals surface area (Å²) in [5.74, 6) is 0. The van der Waals surface area contributed by atoms with Crippen molar-refractivity contribution in [3.05, 3.63) is 247 Å². The maximum atomic E-state index is 6.17. The van der Waals surface area contributed by atoms with Crippen LogP contribution in [0.15, 0.2) is 229 Å². The Balaban J connectivity index is 1.01. The van der Waals surface area contributed by atoms with Crippen LogP contribution in [0.3, 0.4) is 0 Å². The van der Waals surface area contributed by atoms with Gasteiger partial charge in [0.25, 0.3) is 0 Å². The van der Waals surface area contributed by atoms with Crippen LogP contribution in [-0.2, 0) is 5.41 Å². The Labute approximate surface area is 354 Å². The van der Waals surface area contributed by atoms with Crippen molar-refractivity contribution in [2.45, 2.75) is 5.41 Å². The van der Waals surface area contributed by atoms with E-state index in [1.54, 1.807) is 0 Å². The second kappa shape index (κ2) is 13.0. The molecular formula is C59H37NO. The summed E-state index contributed by atoms with van der Waals surface area (Å²) >= 11 is 0. The first-order valence-corrected chi connectivity index (χ1v) is 21.1. The maximum Gasteiger partial charge on any atom is 0.135 e. The molecule has 11 aromatic rings. The summed E-state index contributed by atoms with van der Waals surface area (Å²) in [6.45, 7) is 0. The number of rotatable bonds is 5. The largest absolute Gasteiger partial charge is 0.456 e. The third-order valence-electron chi connectivity index (χ3n) is 13.3. The molecule has 1 spiro atoms. The van der Waals surface area contributed by atoms with Gasteiger partial charge in [0.1, 0.15) is 11.2 Å². The molecule has 0 amide bonds. The predicted molar refractivity (Wildman–Crippen MR) is 253 cm³/mol. The third kappa shape index (κ3) is 4.97. The molecule has 1 aromatic heterocycles. The van der Waals surface area contributed by atoms with E-state index < -0.39 is 5.41 Å². The molecule has 1 heterocycles. The van der Waals surface area contributed by atoms with Crippen LogP contribution < -0.4 is 4.90 Å². The Kier molecular flexibility index (Phi) is 7.26. The Bertz CT molecular complexity index is 3480. The number of para-hydroxylation sites is 1. The summed E-state index contributed by atoms with van der Waals surface area (Å²) in [5, 5.41) is 4.79. The first kappa shape index (κ1) is 34.0. The van der Waals surface area contributed by atoms with Gasteiger partial charge < -0.3 is 9.32 Å². The molecule has 284 valence electrons. The average molecular weight is 776 g/mol. The van der Waals surface area contributed by atoms with Gasteiger partial charge in [-0.3, -0.25) is 0 Å². The number of benzene rings is 10. The van der Waals surface area contributed by atoms with Crippen molar-refractivity contribution in [2.24, 2.45) is 0 Å². The van der Waals surface area contributed by atoms with Gasteiger partial charge in [-0.15, -0.1) is 0 Å². The fourth-order valence-corrected chi connectivity index (χ4v) is 10.5. The fraction of sp³-hybridized carbons (Fsp3) is 0.0169. The van der Waals surface area contributed by atoms with E-state index in [1.807, 2.05) is 12.1 Å². The molecule has 2 nitrogen and oxygen atoms in total. The van der Waals surface area contributed by atoms with Crippen molar-refractivity contribution >= 4 is 49.8 Å².